The van der Waals surface area contributed by atoms with E-state index >= 15 is 0 Å². The Morgan fingerprint density at radius 2 is 1.93 bits per heavy atom. The normalized spacial score (nSPS) is 21.5. The molecule has 0 radical (unpaired) electrons. The summed E-state index contributed by atoms with van der Waals surface area (Å²) in [6.45, 7) is 16.3. The van der Waals surface area contributed by atoms with E-state index in [1.807, 2.05) is 0 Å². The lowest BCUT2D eigenvalue weighted by atomic mass is 9.59. The van der Waals surface area contributed by atoms with Crippen LogP contribution in [-0.4, -0.2) is 76.3 Å². The molecule has 6 rings (SSSR count). The molecule has 0 amide bonds. The third-order valence-electron chi connectivity index (χ3n) is 9.96. The second-order valence-electron chi connectivity index (χ2n) is 13.5. The van der Waals surface area contributed by atoms with E-state index in [0.717, 1.165) is 58.4 Å². The molecule has 3 heterocycles. The standard InChI is InChI=1S/C29H42ClIN7P.CH2O2/c1-18-11-22(35-39-31)21(14-32)24(25(18)30)23-19(2)38(20-12-28(13-20)16-36(17-28)27(3,4)5)34-26(23)37-10-9-33-15-29(37)7-6-8-29;2-1-3/h11,14,20,32-33,35,39H,6-10,12-13,15-17H2,1-5H3;1H,(H,2,3). The highest BCUT2D eigenvalue weighted by Gasteiger charge is 2.56. The number of halogens is 2. The molecule has 2 aliphatic carbocycles. The Balaban J connectivity index is 0.00000113. The summed E-state index contributed by atoms with van der Waals surface area (Å²) in [5, 5.41) is 28.7. The van der Waals surface area contributed by atoms with Crippen LogP contribution in [0.3, 0.4) is 0 Å². The molecular weight excluding hydrogens is 684 g/mol. The molecule has 42 heavy (non-hydrogen) atoms. The average Bonchev–Trinajstić information content (AvgIpc) is 3.19. The fraction of sp³-hybridized carbons (Fsp3) is 0.633. The van der Waals surface area contributed by atoms with Gasteiger partial charge >= 0.3 is 0 Å². The lowest BCUT2D eigenvalue weighted by Crippen LogP contribution is -2.67. The van der Waals surface area contributed by atoms with Crippen LogP contribution in [0.1, 0.15) is 75.7 Å². The zero-order chi connectivity index (χ0) is 30.4. The molecule has 1 aromatic carbocycles. The molecule has 2 spiro atoms. The number of hydrogen-bond acceptors (Lipinski definition) is 7. The molecule has 230 valence electrons. The highest BCUT2D eigenvalue weighted by Crippen LogP contribution is 2.57. The zero-order valence-corrected chi connectivity index (χ0v) is 29.2. The van der Waals surface area contributed by atoms with Crippen molar-refractivity contribution >= 4 is 64.2 Å². The van der Waals surface area contributed by atoms with Crippen LogP contribution < -0.4 is 15.3 Å². The van der Waals surface area contributed by atoms with Gasteiger partial charge in [0.25, 0.3) is 6.47 Å². The summed E-state index contributed by atoms with van der Waals surface area (Å²) in [5.74, 6) is 1.07. The van der Waals surface area contributed by atoms with E-state index in [1.54, 1.807) is 0 Å². The first-order valence-electron chi connectivity index (χ1n) is 14.8. The molecule has 1 aromatic heterocycles. The summed E-state index contributed by atoms with van der Waals surface area (Å²) in [7, 11) is 0. The number of likely N-dealkylation sites (tertiary alicyclic amines) is 1. The smallest absolute Gasteiger partial charge is 0.290 e. The van der Waals surface area contributed by atoms with Gasteiger partial charge in [0.2, 0.25) is 0 Å². The van der Waals surface area contributed by atoms with Crippen molar-refractivity contribution in [1.29, 1.82) is 5.41 Å². The maximum atomic E-state index is 8.45. The van der Waals surface area contributed by atoms with Crippen LogP contribution in [0.2, 0.25) is 5.02 Å². The van der Waals surface area contributed by atoms with E-state index in [-0.39, 0.29) is 17.6 Å². The monoisotopic (exact) mass is 727 g/mol. The number of nitrogens with zero attached hydrogens (tertiary/aromatic N) is 4. The van der Waals surface area contributed by atoms with Crippen LogP contribution in [0, 0.1) is 24.7 Å². The molecule has 2 aromatic rings. The summed E-state index contributed by atoms with van der Waals surface area (Å²) < 4.78 is 2.34. The number of aryl methyl sites for hydroxylation is 1. The van der Waals surface area contributed by atoms with Crippen molar-refractivity contribution in [2.75, 3.05) is 42.7 Å². The number of carboxylic acid groups (broad SMARTS) is 1. The fourth-order valence-corrected chi connectivity index (χ4v) is 8.94. The fourth-order valence-electron chi connectivity index (χ4n) is 7.51. The van der Waals surface area contributed by atoms with E-state index in [1.165, 1.54) is 57.1 Å². The van der Waals surface area contributed by atoms with Crippen molar-refractivity contribution in [3.05, 3.63) is 27.9 Å². The second kappa shape index (κ2) is 12.1. The van der Waals surface area contributed by atoms with Crippen molar-refractivity contribution in [1.82, 2.24) is 20.0 Å². The first-order chi connectivity index (χ1) is 19.9. The Kier molecular flexibility index (Phi) is 9.24. The summed E-state index contributed by atoms with van der Waals surface area (Å²) in [6, 6.07) is 2.50. The van der Waals surface area contributed by atoms with Crippen molar-refractivity contribution in [2.45, 2.75) is 83.8 Å². The minimum absolute atomic E-state index is 0.131. The summed E-state index contributed by atoms with van der Waals surface area (Å²) in [4.78, 5) is 13.6. The van der Waals surface area contributed by atoms with Gasteiger partial charge in [-0.05, 0) is 106 Å². The molecule has 0 bridgehead atoms. The summed E-state index contributed by atoms with van der Waals surface area (Å²) >= 11 is 9.51. The molecule has 4 fully saturated rings. The van der Waals surface area contributed by atoms with E-state index < -0.39 is 0 Å². The van der Waals surface area contributed by atoms with Gasteiger partial charge < -0.3 is 25.8 Å². The van der Waals surface area contributed by atoms with Crippen molar-refractivity contribution in [3.8, 4) is 11.1 Å². The predicted octanol–water partition coefficient (Wildman–Crippen LogP) is 6.64. The molecule has 2 saturated heterocycles. The Morgan fingerprint density at radius 1 is 1.26 bits per heavy atom. The van der Waals surface area contributed by atoms with Crippen LogP contribution in [-0.2, 0) is 4.79 Å². The average molecular weight is 728 g/mol. The second-order valence-corrected chi connectivity index (χ2v) is 16.0. The maximum absolute atomic E-state index is 8.45. The highest BCUT2D eigenvalue weighted by molar-refractivity contribution is 14.2. The predicted molar refractivity (Wildman–Crippen MR) is 184 cm³/mol. The van der Waals surface area contributed by atoms with Gasteiger partial charge in [-0.25, -0.2) is 0 Å². The van der Waals surface area contributed by atoms with E-state index in [0.29, 0.717) is 17.8 Å². The quantitative estimate of drug-likeness (QED) is 0.114. The number of rotatable bonds is 6. The first kappa shape index (κ1) is 31.9. The first-order valence-corrected chi connectivity index (χ1v) is 19.3. The number of piperazine rings is 1. The largest absolute Gasteiger partial charge is 0.483 e. The molecule has 2 aliphatic heterocycles. The third kappa shape index (κ3) is 5.48. The van der Waals surface area contributed by atoms with Crippen LogP contribution in [0.25, 0.3) is 11.1 Å². The Bertz CT molecular complexity index is 1340. The third-order valence-corrected chi connectivity index (χ3v) is 11.6. The maximum Gasteiger partial charge on any atom is 0.290 e. The Hall–Kier alpha value is -1.46. The van der Waals surface area contributed by atoms with Gasteiger partial charge in [-0.2, -0.15) is 5.10 Å². The van der Waals surface area contributed by atoms with Gasteiger partial charge in [0.05, 0.1) is 16.6 Å². The zero-order valence-electron chi connectivity index (χ0n) is 25.3. The Morgan fingerprint density at radius 3 is 2.48 bits per heavy atom. The van der Waals surface area contributed by atoms with Gasteiger partial charge in [0.15, 0.2) is 5.82 Å². The molecule has 12 heteroatoms. The van der Waals surface area contributed by atoms with Gasteiger partial charge in [-0.1, -0.05) is 11.6 Å². The number of benzene rings is 1. The topological polar surface area (TPSA) is 110 Å². The van der Waals surface area contributed by atoms with Crippen molar-refractivity contribution < 1.29 is 9.90 Å². The number of aromatic nitrogens is 2. The lowest BCUT2D eigenvalue weighted by Gasteiger charge is -2.62. The van der Waals surface area contributed by atoms with Gasteiger partial charge in [0, 0.05) is 78.9 Å². The highest BCUT2D eigenvalue weighted by atomic mass is 127. The van der Waals surface area contributed by atoms with Crippen LogP contribution >= 0.6 is 40.0 Å². The van der Waals surface area contributed by atoms with E-state index in [2.05, 4.69) is 87.6 Å². The SMILES string of the molecule is Cc1cc(NPI)c(C=N)c(-c2c(N3CCNCC34CCC4)nn(C3CC4(C3)CN(C(C)(C)C)C4)c2C)c1Cl.O=CO. The minimum atomic E-state index is -0.250. The van der Waals surface area contributed by atoms with Crippen LogP contribution in [0.4, 0.5) is 11.5 Å². The van der Waals surface area contributed by atoms with E-state index in [4.69, 9.17) is 32.0 Å². The molecule has 1 atom stereocenters. The van der Waals surface area contributed by atoms with Gasteiger partial charge in [-0.3, -0.25) is 14.4 Å². The molecule has 9 nitrogen and oxygen atoms in total. The molecule has 1 unspecified atom stereocenters. The number of hydrogen-bond donors (Lipinski definition) is 4. The number of nitrogens with one attached hydrogen (secondary N) is 3. The summed E-state index contributed by atoms with van der Waals surface area (Å²) in [5.41, 5.74) is 6.97. The molecular formula is C30H44ClIN7O2P. The Labute approximate surface area is 269 Å². The molecule has 2 saturated carbocycles. The van der Waals surface area contributed by atoms with Crippen molar-refractivity contribution in [2.24, 2.45) is 5.41 Å². The van der Waals surface area contributed by atoms with Crippen LogP contribution in [0.15, 0.2) is 6.07 Å². The lowest BCUT2D eigenvalue weighted by molar-refractivity contribution is -0.127. The summed E-state index contributed by atoms with van der Waals surface area (Å²) in [6.07, 6.45) is 8.03. The van der Waals surface area contributed by atoms with E-state index in [9.17, 15) is 0 Å². The minimum Gasteiger partial charge on any atom is -0.483 e. The number of carbonyl (C=O) groups is 1. The van der Waals surface area contributed by atoms with Crippen molar-refractivity contribution in [3.63, 3.8) is 0 Å². The molecule has 4 aliphatic rings. The van der Waals surface area contributed by atoms with Gasteiger partial charge in [0.1, 0.15) is 0 Å². The van der Waals surface area contributed by atoms with Crippen LogP contribution in [0.5, 0.6) is 0 Å². The van der Waals surface area contributed by atoms with Gasteiger partial charge in [-0.15, -0.1) is 0 Å². The molecule has 4 N–H and O–H groups in total. The number of anilines is 2.